The van der Waals surface area contributed by atoms with Crippen molar-refractivity contribution in [2.45, 2.75) is 51.9 Å². The monoisotopic (exact) mass is 293 g/mol. The van der Waals surface area contributed by atoms with Crippen molar-refractivity contribution in [2.24, 2.45) is 4.99 Å². The number of nitrogens with two attached hydrogens (primary N) is 1. The van der Waals surface area contributed by atoms with E-state index in [0.717, 1.165) is 36.3 Å². The summed E-state index contributed by atoms with van der Waals surface area (Å²) in [5.41, 5.74) is 5.35. The number of rotatable bonds is 2. The summed E-state index contributed by atoms with van der Waals surface area (Å²) in [5, 5.41) is 7.96. The molecule has 116 valence electrons. The zero-order chi connectivity index (χ0) is 15.5. The lowest BCUT2D eigenvalue weighted by Gasteiger charge is -2.18. The van der Waals surface area contributed by atoms with Gasteiger partial charge in [-0.1, -0.05) is 27.2 Å². The average molecular weight is 293 g/mol. The molecule has 4 N–H and O–H groups in total. The second-order valence-corrected chi connectivity index (χ2v) is 6.19. The number of nitrogens with zero attached hydrogens (tertiary/aromatic N) is 4. The molecule has 1 aliphatic heterocycles. The van der Waals surface area contributed by atoms with Gasteiger partial charge in [0.1, 0.15) is 11.5 Å². The first kappa shape index (κ1) is 15.3. The Kier molecular flexibility index (Phi) is 4.44. The summed E-state index contributed by atoms with van der Waals surface area (Å²) in [5.74, 6) is 6.80. The van der Waals surface area contributed by atoms with Gasteiger partial charge in [-0.15, -0.1) is 10.2 Å². The van der Waals surface area contributed by atoms with Crippen LogP contribution in [-0.2, 0) is 5.41 Å². The largest absolute Gasteiger partial charge is 0.333 e. The Morgan fingerprint density at radius 3 is 2.62 bits per heavy atom. The lowest BCUT2D eigenvalue weighted by atomic mass is 9.93. The van der Waals surface area contributed by atoms with Crippen LogP contribution in [0.15, 0.2) is 9.79 Å². The number of aliphatic imine (C=N–C) groups is 1. The van der Waals surface area contributed by atoms with Gasteiger partial charge in [-0.25, -0.2) is 0 Å². The maximum absolute atomic E-state index is 12.2. The van der Waals surface area contributed by atoms with Crippen LogP contribution in [0.1, 0.15) is 52.1 Å². The topological polar surface area (TPSA) is 110 Å². The van der Waals surface area contributed by atoms with Crippen LogP contribution < -0.4 is 22.3 Å². The molecule has 21 heavy (non-hydrogen) atoms. The van der Waals surface area contributed by atoms with Crippen molar-refractivity contribution < 1.29 is 0 Å². The third-order valence-electron chi connectivity index (χ3n) is 3.30. The summed E-state index contributed by atoms with van der Waals surface area (Å²) in [4.78, 5) is 16.6. The molecular formula is C13H23N7O. The molecule has 0 unspecified atom stereocenters. The molecule has 2 heterocycles. The van der Waals surface area contributed by atoms with Crippen LogP contribution in [0, 0.1) is 0 Å². The highest BCUT2D eigenvalue weighted by molar-refractivity contribution is 5.83. The summed E-state index contributed by atoms with van der Waals surface area (Å²) >= 11 is 0. The lowest BCUT2D eigenvalue weighted by Crippen LogP contribution is -2.41. The molecule has 0 radical (unpaired) electrons. The van der Waals surface area contributed by atoms with Gasteiger partial charge in [0.15, 0.2) is 0 Å². The van der Waals surface area contributed by atoms with E-state index in [-0.39, 0.29) is 11.5 Å². The standard InChI is InChI=1S/C13H23N7O/c1-13(2,3)10-11(21)20(14)12(19-17-10)18-16-9-7-5-4-6-8-15-9/h4-8,14H2,1-3H3,(H,15,16)(H,18,19). The van der Waals surface area contributed by atoms with Crippen molar-refractivity contribution in [1.82, 2.24) is 20.3 Å². The minimum Gasteiger partial charge on any atom is -0.333 e. The molecule has 8 nitrogen and oxygen atoms in total. The van der Waals surface area contributed by atoms with Gasteiger partial charge in [-0.2, -0.15) is 4.68 Å². The van der Waals surface area contributed by atoms with Crippen LogP contribution in [0.5, 0.6) is 0 Å². The molecule has 1 aliphatic rings. The summed E-state index contributed by atoms with van der Waals surface area (Å²) in [6.07, 6.45) is 4.25. The SMILES string of the molecule is CC(C)(C)c1nnc(NNC2=NCCCCC2)n(N)c1=O. The van der Waals surface area contributed by atoms with Gasteiger partial charge in [0, 0.05) is 18.4 Å². The van der Waals surface area contributed by atoms with Crippen molar-refractivity contribution in [3.8, 4) is 0 Å². The normalized spacial score (nSPS) is 16.0. The fourth-order valence-corrected chi connectivity index (χ4v) is 2.06. The van der Waals surface area contributed by atoms with Gasteiger partial charge in [0.25, 0.3) is 11.5 Å². The van der Waals surface area contributed by atoms with Gasteiger partial charge in [-0.05, 0) is 12.8 Å². The van der Waals surface area contributed by atoms with E-state index in [1.165, 1.54) is 6.42 Å². The van der Waals surface area contributed by atoms with Gasteiger partial charge in [0.05, 0.1) is 0 Å². The molecule has 0 aromatic carbocycles. The number of hydrazine groups is 1. The third-order valence-corrected chi connectivity index (χ3v) is 3.30. The molecule has 0 amide bonds. The minimum atomic E-state index is -0.400. The molecule has 0 atom stereocenters. The van der Waals surface area contributed by atoms with Crippen molar-refractivity contribution >= 4 is 11.8 Å². The Labute approximate surface area is 123 Å². The molecule has 2 rings (SSSR count). The van der Waals surface area contributed by atoms with E-state index in [1.54, 1.807) is 0 Å². The van der Waals surface area contributed by atoms with E-state index in [0.29, 0.717) is 5.69 Å². The average Bonchev–Trinajstić information content (AvgIpc) is 2.67. The third kappa shape index (κ3) is 3.71. The molecule has 0 saturated carbocycles. The van der Waals surface area contributed by atoms with Crippen LogP contribution in [0.25, 0.3) is 0 Å². The predicted molar refractivity (Wildman–Crippen MR) is 82.7 cm³/mol. The Balaban J connectivity index is 2.13. The number of aromatic nitrogens is 3. The predicted octanol–water partition coefficient (Wildman–Crippen LogP) is 0.539. The number of hydrogen-bond donors (Lipinski definition) is 3. The van der Waals surface area contributed by atoms with Gasteiger partial charge < -0.3 is 5.84 Å². The Morgan fingerprint density at radius 1 is 1.14 bits per heavy atom. The van der Waals surface area contributed by atoms with Crippen molar-refractivity contribution in [1.29, 1.82) is 0 Å². The highest BCUT2D eigenvalue weighted by atomic mass is 16.1. The molecule has 0 aliphatic carbocycles. The molecule has 8 heteroatoms. The van der Waals surface area contributed by atoms with E-state index in [4.69, 9.17) is 5.84 Å². The maximum atomic E-state index is 12.2. The van der Waals surface area contributed by atoms with Crippen LogP contribution in [0.2, 0.25) is 0 Å². The molecule has 0 fully saturated rings. The van der Waals surface area contributed by atoms with Gasteiger partial charge in [-0.3, -0.25) is 20.6 Å². The number of amidine groups is 1. The Morgan fingerprint density at radius 2 is 1.90 bits per heavy atom. The number of nitrogen functional groups attached to an aromatic ring is 1. The van der Waals surface area contributed by atoms with E-state index >= 15 is 0 Å². The van der Waals surface area contributed by atoms with Crippen LogP contribution in [-0.4, -0.2) is 27.3 Å². The van der Waals surface area contributed by atoms with E-state index < -0.39 is 5.41 Å². The number of hydrogen-bond acceptors (Lipinski definition) is 7. The fraction of sp³-hybridized carbons (Fsp3) is 0.692. The zero-order valence-corrected chi connectivity index (χ0v) is 12.8. The molecule has 0 bridgehead atoms. The van der Waals surface area contributed by atoms with Gasteiger partial charge in [0.2, 0.25) is 0 Å². The molecule has 1 aromatic rings. The van der Waals surface area contributed by atoms with Gasteiger partial charge >= 0.3 is 0 Å². The highest BCUT2D eigenvalue weighted by Gasteiger charge is 2.22. The summed E-state index contributed by atoms with van der Waals surface area (Å²) in [6, 6.07) is 0. The Hall–Kier alpha value is -2.12. The van der Waals surface area contributed by atoms with Crippen LogP contribution >= 0.6 is 0 Å². The molecule has 1 aromatic heterocycles. The molecule has 0 spiro atoms. The molecular weight excluding hydrogens is 270 g/mol. The Bertz CT molecular complexity index is 585. The number of nitrogens with one attached hydrogen (secondary N) is 2. The first-order valence-corrected chi connectivity index (χ1v) is 7.20. The highest BCUT2D eigenvalue weighted by Crippen LogP contribution is 2.15. The van der Waals surface area contributed by atoms with Crippen molar-refractivity contribution in [3.05, 3.63) is 16.0 Å². The van der Waals surface area contributed by atoms with Crippen LogP contribution in [0.3, 0.4) is 0 Å². The van der Waals surface area contributed by atoms with E-state index in [1.807, 2.05) is 20.8 Å². The zero-order valence-electron chi connectivity index (χ0n) is 12.8. The second-order valence-electron chi connectivity index (χ2n) is 6.19. The maximum Gasteiger partial charge on any atom is 0.295 e. The summed E-state index contributed by atoms with van der Waals surface area (Å²) in [6.45, 7) is 6.49. The summed E-state index contributed by atoms with van der Waals surface area (Å²) < 4.78 is 0.970. The first-order valence-electron chi connectivity index (χ1n) is 7.20. The second kappa shape index (κ2) is 6.11. The lowest BCUT2D eigenvalue weighted by molar-refractivity contribution is 0.538. The van der Waals surface area contributed by atoms with E-state index in [9.17, 15) is 4.79 Å². The fourth-order valence-electron chi connectivity index (χ4n) is 2.06. The van der Waals surface area contributed by atoms with Crippen molar-refractivity contribution in [3.63, 3.8) is 0 Å². The molecule has 0 saturated heterocycles. The minimum absolute atomic E-state index is 0.167. The quantitative estimate of drug-likeness (QED) is 0.542. The van der Waals surface area contributed by atoms with Crippen LogP contribution in [0.4, 0.5) is 5.95 Å². The van der Waals surface area contributed by atoms with Crippen molar-refractivity contribution in [2.75, 3.05) is 17.8 Å². The smallest absolute Gasteiger partial charge is 0.295 e. The van der Waals surface area contributed by atoms with E-state index in [2.05, 4.69) is 26.0 Å². The summed E-state index contributed by atoms with van der Waals surface area (Å²) in [7, 11) is 0. The number of anilines is 1. The first-order chi connectivity index (χ1) is 9.89.